The van der Waals surface area contributed by atoms with Crippen LogP contribution in [0.3, 0.4) is 0 Å². The average molecular weight is 490 g/mol. The molecule has 5 nitrogen and oxygen atoms in total. The predicted octanol–water partition coefficient (Wildman–Crippen LogP) is 4.27. The first kappa shape index (κ1) is 26.0. The number of ether oxygens (including phenoxy) is 1. The summed E-state index contributed by atoms with van der Waals surface area (Å²) in [5, 5.41) is 6.87. The van der Waals surface area contributed by atoms with Crippen molar-refractivity contribution >= 4 is 29.9 Å². The number of rotatable bonds is 12. The monoisotopic (exact) mass is 490 g/mol. The highest BCUT2D eigenvalue weighted by Crippen LogP contribution is 2.18. The summed E-state index contributed by atoms with van der Waals surface area (Å²) < 4.78 is 5.69. The van der Waals surface area contributed by atoms with E-state index in [0.29, 0.717) is 19.2 Å². The highest BCUT2D eigenvalue weighted by atomic mass is 127. The molecular formula is C21H39IN4O. The minimum atomic E-state index is 0. The van der Waals surface area contributed by atoms with E-state index in [1.54, 1.807) is 0 Å². The highest BCUT2D eigenvalue weighted by Gasteiger charge is 2.07. The molecular weight excluding hydrogens is 451 g/mol. The van der Waals surface area contributed by atoms with Crippen LogP contribution in [0, 0.1) is 0 Å². The molecule has 1 unspecified atom stereocenters. The fraction of sp³-hybridized carbons (Fsp3) is 0.667. The van der Waals surface area contributed by atoms with Crippen LogP contribution < -0.4 is 15.4 Å². The zero-order valence-electron chi connectivity index (χ0n) is 17.8. The Labute approximate surface area is 183 Å². The largest absolute Gasteiger partial charge is 0.494 e. The summed E-state index contributed by atoms with van der Waals surface area (Å²) in [6, 6.07) is 8.50. The van der Waals surface area contributed by atoms with Crippen LogP contribution in [0.15, 0.2) is 29.3 Å². The number of benzene rings is 1. The molecule has 1 aromatic rings. The van der Waals surface area contributed by atoms with Crippen LogP contribution in [0.1, 0.15) is 53.0 Å². The van der Waals surface area contributed by atoms with Crippen molar-refractivity contribution in [1.29, 1.82) is 0 Å². The van der Waals surface area contributed by atoms with Crippen molar-refractivity contribution in [3.05, 3.63) is 29.8 Å². The van der Waals surface area contributed by atoms with Crippen LogP contribution in [-0.2, 0) is 6.54 Å². The number of para-hydroxylation sites is 1. The molecule has 1 atom stereocenters. The van der Waals surface area contributed by atoms with Crippen molar-refractivity contribution in [1.82, 2.24) is 15.5 Å². The molecule has 0 spiro atoms. The summed E-state index contributed by atoms with van der Waals surface area (Å²) in [5.41, 5.74) is 1.11. The Morgan fingerprint density at radius 1 is 1.15 bits per heavy atom. The molecule has 27 heavy (non-hydrogen) atoms. The first-order valence-electron chi connectivity index (χ1n) is 10.1. The van der Waals surface area contributed by atoms with Gasteiger partial charge in [-0.25, -0.2) is 4.99 Å². The topological polar surface area (TPSA) is 48.9 Å². The van der Waals surface area contributed by atoms with E-state index < -0.39 is 0 Å². The van der Waals surface area contributed by atoms with Gasteiger partial charge in [0, 0.05) is 18.2 Å². The van der Waals surface area contributed by atoms with E-state index in [2.05, 4.69) is 49.3 Å². The lowest BCUT2D eigenvalue weighted by molar-refractivity contribution is 0.292. The number of hydrogen-bond acceptors (Lipinski definition) is 3. The van der Waals surface area contributed by atoms with E-state index in [0.717, 1.165) is 49.9 Å². The Morgan fingerprint density at radius 2 is 1.85 bits per heavy atom. The van der Waals surface area contributed by atoms with E-state index >= 15 is 0 Å². The molecule has 0 saturated heterocycles. The first-order chi connectivity index (χ1) is 12.6. The number of nitrogens with zero attached hydrogens (tertiary/aromatic N) is 2. The third kappa shape index (κ3) is 10.8. The summed E-state index contributed by atoms with van der Waals surface area (Å²) in [7, 11) is 0. The third-order valence-corrected chi connectivity index (χ3v) is 4.41. The number of nitrogens with one attached hydrogen (secondary N) is 2. The van der Waals surface area contributed by atoms with Crippen molar-refractivity contribution in [2.75, 3.05) is 32.8 Å². The van der Waals surface area contributed by atoms with Crippen LogP contribution in [0.2, 0.25) is 0 Å². The van der Waals surface area contributed by atoms with Crippen molar-refractivity contribution in [2.45, 2.75) is 60.0 Å². The number of hydrogen-bond donors (Lipinski definition) is 2. The van der Waals surface area contributed by atoms with Crippen LogP contribution in [-0.4, -0.2) is 49.7 Å². The standard InChI is InChI=1S/C21H38N4O.HI/c1-6-22-21(24-18(5)13-12-16-25(7-2)8-3)23-17-19-14-10-11-15-20(19)26-9-4;/h10-11,14-15,18H,6-9,12-13,16-17H2,1-5H3,(H2,22,23,24);1H. The Hall–Kier alpha value is -1.02. The average Bonchev–Trinajstić information content (AvgIpc) is 2.65. The molecule has 0 saturated carbocycles. The summed E-state index contributed by atoms with van der Waals surface area (Å²) in [4.78, 5) is 7.22. The Bertz CT molecular complexity index is 521. The van der Waals surface area contributed by atoms with Gasteiger partial charge in [0.05, 0.1) is 13.2 Å². The molecule has 0 heterocycles. The highest BCUT2D eigenvalue weighted by molar-refractivity contribution is 14.0. The molecule has 1 rings (SSSR count). The SMILES string of the molecule is CCNC(=NCc1ccccc1OCC)NC(C)CCCN(CC)CC.I. The van der Waals surface area contributed by atoms with Gasteiger partial charge in [-0.05, 0) is 59.3 Å². The molecule has 1 aromatic carbocycles. The van der Waals surface area contributed by atoms with Gasteiger partial charge in [0.25, 0.3) is 0 Å². The molecule has 0 aromatic heterocycles. The lowest BCUT2D eigenvalue weighted by atomic mass is 10.2. The molecule has 0 amide bonds. The van der Waals surface area contributed by atoms with Gasteiger partial charge in [0.2, 0.25) is 0 Å². The zero-order chi connectivity index (χ0) is 19.2. The van der Waals surface area contributed by atoms with Gasteiger partial charge in [0.15, 0.2) is 5.96 Å². The van der Waals surface area contributed by atoms with E-state index in [1.807, 2.05) is 25.1 Å². The van der Waals surface area contributed by atoms with Crippen molar-refractivity contribution in [3.63, 3.8) is 0 Å². The summed E-state index contributed by atoms with van der Waals surface area (Å²) in [6.45, 7) is 16.3. The molecule has 0 radical (unpaired) electrons. The van der Waals surface area contributed by atoms with Gasteiger partial charge in [-0.15, -0.1) is 24.0 Å². The van der Waals surface area contributed by atoms with Gasteiger partial charge in [-0.1, -0.05) is 32.0 Å². The van der Waals surface area contributed by atoms with Crippen LogP contribution in [0.5, 0.6) is 5.75 Å². The molecule has 2 N–H and O–H groups in total. The second-order valence-electron chi connectivity index (χ2n) is 6.45. The lowest BCUT2D eigenvalue weighted by Crippen LogP contribution is -2.42. The summed E-state index contributed by atoms with van der Waals surface area (Å²) >= 11 is 0. The Morgan fingerprint density at radius 3 is 2.48 bits per heavy atom. The Kier molecular flexibility index (Phi) is 15.4. The van der Waals surface area contributed by atoms with E-state index in [4.69, 9.17) is 9.73 Å². The minimum Gasteiger partial charge on any atom is -0.494 e. The lowest BCUT2D eigenvalue weighted by Gasteiger charge is -2.21. The van der Waals surface area contributed by atoms with E-state index in [1.165, 1.54) is 6.42 Å². The van der Waals surface area contributed by atoms with Crippen LogP contribution in [0.4, 0.5) is 0 Å². The fourth-order valence-corrected chi connectivity index (χ4v) is 2.88. The molecule has 156 valence electrons. The van der Waals surface area contributed by atoms with Crippen LogP contribution >= 0.6 is 24.0 Å². The van der Waals surface area contributed by atoms with Crippen LogP contribution in [0.25, 0.3) is 0 Å². The molecule has 0 aliphatic carbocycles. The number of halogens is 1. The van der Waals surface area contributed by atoms with Gasteiger partial charge in [-0.3, -0.25) is 0 Å². The maximum atomic E-state index is 5.69. The second kappa shape index (κ2) is 16.0. The maximum absolute atomic E-state index is 5.69. The zero-order valence-corrected chi connectivity index (χ0v) is 20.1. The van der Waals surface area contributed by atoms with Gasteiger partial charge in [-0.2, -0.15) is 0 Å². The second-order valence-corrected chi connectivity index (χ2v) is 6.45. The molecule has 6 heteroatoms. The fourth-order valence-electron chi connectivity index (χ4n) is 2.88. The van der Waals surface area contributed by atoms with Crippen molar-refractivity contribution in [2.24, 2.45) is 4.99 Å². The molecule has 0 bridgehead atoms. The first-order valence-corrected chi connectivity index (χ1v) is 10.1. The third-order valence-electron chi connectivity index (χ3n) is 4.41. The molecule has 0 aliphatic heterocycles. The van der Waals surface area contributed by atoms with Gasteiger partial charge < -0.3 is 20.3 Å². The molecule has 0 fully saturated rings. The molecule has 0 aliphatic rings. The minimum absolute atomic E-state index is 0. The maximum Gasteiger partial charge on any atom is 0.191 e. The smallest absolute Gasteiger partial charge is 0.191 e. The summed E-state index contributed by atoms with van der Waals surface area (Å²) in [5.74, 6) is 1.79. The quantitative estimate of drug-likeness (QED) is 0.261. The number of aliphatic imine (C=N–C) groups is 1. The normalized spacial score (nSPS) is 12.4. The number of guanidine groups is 1. The predicted molar refractivity (Wildman–Crippen MR) is 127 cm³/mol. The van der Waals surface area contributed by atoms with E-state index in [9.17, 15) is 0 Å². The van der Waals surface area contributed by atoms with Crippen molar-refractivity contribution in [3.8, 4) is 5.75 Å². The summed E-state index contributed by atoms with van der Waals surface area (Å²) in [6.07, 6.45) is 2.33. The van der Waals surface area contributed by atoms with Gasteiger partial charge in [0.1, 0.15) is 5.75 Å². The Balaban J connectivity index is 0.00000676. The van der Waals surface area contributed by atoms with E-state index in [-0.39, 0.29) is 24.0 Å². The van der Waals surface area contributed by atoms with Gasteiger partial charge >= 0.3 is 0 Å². The van der Waals surface area contributed by atoms with Crippen molar-refractivity contribution < 1.29 is 4.74 Å².